The zero-order chi connectivity index (χ0) is 36.1. The van der Waals surface area contributed by atoms with Crippen molar-refractivity contribution in [1.29, 1.82) is 0 Å². The van der Waals surface area contributed by atoms with Crippen LogP contribution in [-0.4, -0.2) is 64.3 Å². The minimum atomic E-state index is -5.11. The largest absolute Gasteiger partial charge is 0.481 e. The van der Waals surface area contributed by atoms with Gasteiger partial charge >= 0.3 is 24.4 Å². The average Bonchev–Trinajstić information content (AvgIpc) is 3.03. The van der Waals surface area contributed by atoms with Crippen molar-refractivity contribution in [3.05, 3.63) is 70.2 Å². The van der Waals surface area contributed by atoms with Crippen molar-refractivity contribution in [2.24, 2.45) is 0 Å². The zero-order valence-corrected chi connectivity index (χ0v) is 26.4. The van der Waals surface area contributed by atoms with Crippen LogP contribution in [-0.2, 0) is 28.3 Å². The normalized spacial score (nSPS) is 16.1. The van der Waals surface area contributed by atoms with E-state index in [0.29, 0.717) is 29.9 Å². The lowest BCUT2D eigenvalue weighted by atomic mass is 9.93. The molecule has 18 heteroatoms. The van der Waals surface area contributed by atoms with Crippen LogP contribution in [0, 0.1) is 0 Å². The lowest BCUT2D eigenvalue weighted by molar-refractivity contribution is -0.143. The second-order valence-corrected chi connectivity index (χ2v) is 10.9. The highest BCUT2D eigenvalue weighted by molar-refractivity contribution is 5.95. The maximum absolute atomic E-state index is 13.6. The summed E-state index contributed by atoms with van der Waals surface area (Å²) in [5, 5.41) is 14.3. The molecule has 12 nitrogen and oxygen atoms in total. The fourth-order valence-electron chi connectivity index (χ4n) is 5.29. The summed E-state index contributed by atoms with van der Waals surface area (Å²) in [7, 11) is 1.39. The molecule has 1 aromatic carbocycles. The van der Waals surface area contributed by atoms with E-state index in [9.17, 15) is 40.7 Å². The van der Waals surface area contributed by atoms with Crippen molar-refractivity contribution in [2.75, 3.05) is 30.5 Å². The smallest absolute Gasteiger partial charge is 0.416 e. The second-order valence-electron chi connectivity index (χ2n) is 10.9. The number of carboxylic acid groups (broad SMARTS) is 1. The van der Waals surface area contributed by atoms with Crippen molar-refractivity contribution < 1.29 is 55.3 Å². The number of amides is 2. The molecule has 0 spiro atoms. The molecule has 2 aromatic heterocycles. The summed E-state index contributed by atoms with van der Waals surface area (Å²) in [6, 6.07) is 3.13. The Bertz CT molecular complexity index is 1670. The van der Waals surface area contributed by atoms with Crippen LogP contribution in [0.3, 0.4) is 0 Å². The third kappa shape index (κ3) is 8.85. The van der Waals surface area contributed by atoms with Crippen LogP contribution < -0.4 is 20.3 Å². The van der Waals surface area contributed by atoms with Crippen LogP contribution in [0.2, 0.25) is 0 Å². The molecule has 0 bridgehead atoms. The van der Waals surface area contributed by atoms with E-state index in [1.807, 2.05) is 6.92 Å². The number of aliphatic carboxylic acids is 1. The van der Waals surface area contributed by atoms with E-state index in [1.165, 1.54) is 12.0 Å². The third-order valence-corrected chi connectivity index (χ3v) is 7.54. The molecule has 0 saturated carbocycles. The quantitative estimate of drug-likeness (QED) is 0.203. The molecule has 0 aliphatic carbocycles. The highest BCUT2D eigenvalue weighted by atomic mass is 19.4. The first-order valence-electron chi connectivity index (χ1n) is 15.0. The molecule has 4 rings (SSSR count). The van der Waals surface area contributed by atoms with Gasteiger partial charge in [-0.15, -0.1) is 0 Å². The van der Waals surface area contributed by atoms with Gasteiger partial charge in [-0.3, -0.25) is 14.5 Å². The van der Waals surface area contributed by atoms with Gasteiger partial charge in [0.15, 0.2) is 0 Å². The summed E-state index contributed by atoms with van der Waals surface area (Å²) < 4.78 is 92.2. The first-order valence-corrected chi connectivity index (χ1v) is 15.0. The van der Waals surface area contributed by atoms with E-state index in [1.54, 1.807) is 19.1 Å². The number of nitrogens with one attached hydrogen (secondary N) is 2. The van der Waals surface area contributed by atoms with Gasteiger partial charge in [-0.25, -0.2) is 19.7 Å². The standard InChI is InChI=1S/C31H32F6N6O6/c1-4-19-14-22(26-23(6-7-24(42-26)48-3)43(19)29(47)49-5-2)41-28-39-15-20(27(46)38-9-8-25(44)45)21(40-28)12-16-10-17(30(32,33)34)13-18(11-16)31(35,36)37/h6-7,10-11,13,15,19,22H,4-5,8-9,12,14H2,1-3H3,(H,38,46)(H,44,45)(H,39,40,41)/t19-,22+/m1/s1. The predicted molar refractivity (Wildman–Crippen MR) is 161 cm³/mol. The predicted octanol–water partition coefficient (Wildman–Crippen LogP) is 6.01. The number of carbonyl (C=O) groups is 3. The Kier molecular flexibility index (Phi) is 11.2. The summed E-state index contributed by atoms with van der Waals surface area (Å²) in [4.78, 5) is 51.4. The van der Waals surface area contributed by atoms with E-state index < -0.39 is 71.9 Å². The highest BCUT2D eigenvalue weighted by Gasteiger charge is 2.39. The molecule has 2 amide bonds. The van der Waals surface area contributed by atoms with Crippen LogP contribution in [0.25, 0.3) is 0 Å². The molecule has 1 aliphatic heterocycles. The van der Waals surface area contributed by atoms with Crippen molar-refractivity contribution in [3.63, 3.8) is 0 Å². The number of carbonyl (C=O) groups excluding carboxylic acids is 2. The number of halogens is 6. The Balaban J connectivity index is 1.78. The maximum Gasteiger partial charge on any atom is 0.416 e. The molecular formula is C31H32F6N6O6. The van der Waals surface area contributed by atoms with Gasteiger partial charge < -0.3 is 25.2 Å². The Morgan fingerprint density at radius 3 is 2.27 bits per heavy atom. The van der Waals surface area contributed by atoms with Crippen molar-refractivity contribution >= 4 is 29.6 Å². The highest BCUT2D eigenvalue weighted by Crippen LogP contribution is 2.40. The van der Waals surface area contributed by atoms with E-state index >= 15 is 0 Å². The summed E-state index contributed by atoms with van der Waals surface area (Å²) in [6.45, 7) is 3.31. The van der Waals surface area contributed by atoms with Crippen LogP contribution in [0.1, 0.15) is 77.6 Å². The number of hydrogen-bond acceptors (Lipinski definition) is 9. The Morgan fingerprint density at radius 1 is 1.02 bits per heavy atom. The number of aromatic nitrogens is 3. The number of pyridine rings is 1. The van der Waals surface area contributed by atoms with Gasteiger partial charge in [0.25, 0.3) is 5.91 Å². The molecule has 264 valence electrons. The molecule has 3 N–H and O–H groups in total. The minimum absolute atomic E-state index is 0.0124. The third-order valence-electron chi connectivity index (χ3n) is 7.54. The molecule has 1 aliphatic rings. The molecule has 3 aromatic rings. The number of fused-ring (bicyclic) bond motifs is 1. The van der Waals surface area contributed by atoms with E-state index in [-0.39, 0.29) is 48.7 Å². The van der Waals surface area contributed by atoms with Gasteiger partial charge in [0, 0.05) is 31.3 Å². The SMILES string of the molecule is CCOC(=O)N1c2ccc(OC)nc2[C@@H](Nc2ncc(C(=O)NCCC(=O)O)c(Cc3cc(C(F)(F)F)cc(C(F)(F)F)c3)n2)C[C@H]1CC. The fourth-order valence-corrected chi connectivity index (χ4v) is 5.29. The number of methoxy groups -OCH3 is 1. The Morgan fingerprint density at radius 2 is 1.69 bits per heavy atom. The molecule has 0 unspecified atom stereocenters. The number of alkyl halides is 6. The van der Waals surface area contributed by atoms with Gasteiger partial charge in [0.1, 0.15) is 0 Å². The summed E-state index contributed by atoms with van der Waals surface area (Å²) in [5.74, 6) is -2.05. The van der Waals surface area contributed by atoms with Crippen LogP contribution >= 0.6 is 0 Å². The topological polar surface area (TPSA) is 156 Å². The molecule has 2 atom stereocenters. The second kappa shape index (κ2) is 14.9. The number of carboxylic acids is 1. The Hall–Kier alpha value is -5.16. The first kappa shape index (κ1) is 36.7. The number of ether oxygens (including phenoxy) is 2. The number of nitrogens with zero attached hydrogens (tertiary/aromatic N) is 4. The number of anilines is 2. The fraction of sp³-hybridized carbons (Fsp3) is 0.419. The number of rotatable bonds is 11. The molecular weight excluding hydrogens is 666 g/mol. The lowest BCUT2D eigenvalue weighted by Gasteiger charge is -2.39. The van der Waals surface area contributed by atoms with Gasteiger partial charge in [-0.1, -0.05) is 6.92 Å². The maximum atomic E-state index is 13.6. The molecule has 3 heterocycles. The minimum Gasteiger partial charge on any atom is -0.481 e. The molecule has 49 heavy (non-hydrogen) atoms. The van der Waals surface area contributed by atoms with Crippen LogP contribution in [0.5, 0.6) is 5.88 Å². The number of hydrogen-bond donors (Lipinski definition) is 3. The van der Waals surface area contributed by atoms with Crippen molar-refractivity contribution in [3.8, 4) is 5.88 Å². The summed E-state index contributed by atoms with van der Waals surface area (Å²) in [6.07, 6.45) is -10.2. The van der Waals surface area contributed by atoms with Crippen molar-refractivity contribution in [2.45, 2.75) is 64.0 Å². The van der Waals surface area contributed by atoms with E-state index in [2.05, 4.69) is 25.6 Å². The lowest BCUT2D eigenvalue weighted by Crippen LogP contribution is -2.46. The first-order chi connectivity index (χ1) is 23.0. The van der Waals surface area contributed by atoms with Crippen molar-refractivity contribution in [1.82, 2.24) is 20.3 Å². The van der Waals surface area contributed by atoms with Gasteiger partial charge in [0.05, 0.1) is 59.9 Å². The van der Waals surface area contributed by atoms with Crippen LogP contribution in [0.4, 0.5) is 42.8 Å². The summed E-state index contributed by atoms with van der Waals surface area (Å²) >= 11 is 0. The zero-order valence-electron chi connectivity index (χ0n) is 26.4. The molecule has 0 saturated heterocycles. The summed E-state index contributed by atoms with van der Waals surface area (Å²) in [5.41, 5.74) is -3.35. The van der Waals surface area contributed by atoms with E-state index in [4.69, 9.17) is 14.6 Å². The molecule has 0 fully saturated rings. The van der Waals surface area contributed by atoms with Crippen LogP contribution in [0.15, 0.2) is 36.5 Å². The monoisotopic (exact) mass is 698 g/mol. The van der Waals surface area contributed by atoms with Gasteiger partial charge in [-0.05, 0) is 49.6 Å². The average molecular weight is 699 g/mol. The molecule has 0 radical (unpaired) electrons. The van der Waals surface area contributed by atoms with E-state index in [0.717, 1.165) is 6.20 Å². The van der Waals surface area contributed by atoms with Gasteiger partial charge in [0.2, 0.25) is 11.8 Å². The Labute approximate surface area is 275 Å². The van der Waals surface area contributed by atoms with Gasteiger partial charge in [-0.2, -0.15) is 26.3 Å². The number of benzene rings is 1.